The number of sulfonamides is 1. The molecule has 1 rings (SSSR count). The molecule has 0 aliphatic rings. The highest BCUT2D eigenvalue weighted by Crippen LogP contribution is 2.09. The van der Waals surface area contributed by atoms with Gasteiger partial charge in [0.2, 0.25) is 10.0 Å². The first-order valence-electron chi connectivity index (χ1n) is 8.20. The van der Waals surface area contributed by atoms with Gasteiger partial charge in [0.05, 0.1) is 5.75 Å². The normalized spacial score (nSPS) is 12.5. The van der Waals surface area contributed by atoms with Crippen LogP contribution in [0.4, 0.5) is 8.78 Å². The second-order valence-corrected chi connectivity index (χ2v) is 7.40. The highest BCUT2D eigenvalue weighted by molar-refractivity contribution is 7.89. The van der Waals surface area contributed by atoms with Gasteiger partial charge in [0.1, 0.15) is 11.6 Å². The van der Waals surface area contributed by atoms with E-state index in [1.165, 1.54) is 4.31 Å². The summed E-state index contributed by atoms with van der Waals surface area (Å²) in [7, 11) is -1.75. The number of hydrogen-bond donors (Lipinski definition) is 2. The molecule has 1 aromatic rings. The summed E-state index contributed by atoms with van der Waals surface area (Å²) in [6, 6.07) is 3.32. The zero-order valence-electron chi connectivity index (χ0n) is 14.8. The lowest BCUT2D eigenvalue weighted by Crippen LogP contribution is -2.42. The lowest BCUT2D eigenvalue weighted by molar-refractivity contribution is 0.445. The molecular weight excluding hydrogens is 350 g/mol. The maximum Gasteiger partial charge on any atom is 0.215 e. The Balaban J connectivity index is 2.44. The van der Waals surface area contributed by atoms with Gasteiger partial charge in [-0.15, -0.1) is 0 Å². The maximum atomic E-state index is 13.5. The Morgan fingerprint density at radius 3 is 2.40 bits per heavy atom. The van der Waals surface area contributed by atoms with Gasteiger partial charge < -0.3 is 10.6 Å². The summed E-state index contributed by atoms with van der Waals surface area (Å²) in [6.07, 6.45) is 0.280. The highest BCUT2D eigenvalue weighted by atomic mass is 32.2. The lowest BCUT2D eigenvalue weighted by Gasteiger charge is -2.19. The van der Waals surface area contributed by atoms with Crippen molar-refractivity contribution >= 4 is 16.0 Å². The minimum Gasteiger partial charge on any atom is -0.356 e. The van der Waals surface area contributed by atoms with Crippen molar-refractivity contribution in [3.63, 3.8) is 0 Å². The zero-order valence-corrected chi connectivity index (χ0v) is 15.7. The Kier molecular flexibility index (Phi) is 8.77. The first kappa shape index (κ1) is 21.3. The predicted octanol–water partition coefficient (Wildman–Crippen LogP) is 1.34. The molecule has 0 bridgehead atoms. The van der Waals surface area contributed by atoms with Crippen molar-refractivity contribution in [3.05, 3.63) is 35.4 Å². The Labute approximate surface area is 148 Å². The van der Waals surface area contributed by atoms with Gasteiger partial charge in [-0.25, -0.2) is 21.5 Å². The summed E-state index contributed by atoms with van der Waals surface area (Å²) in [6.45, 7) is 4.99. The topological polar surface area (TPSA) is 73.8 Å². The third-order valence-electron chi connectivity index (χ3n) is 3.67. The molecule has 1 aromatic carbocycles. The van der Waals surface area contributed by atoms with Crippen LogP contribution in [0.15, 0.2) is 23.2 Å². The molecule has 0 spiro atoms. The van der Waals surface area contributed by atoms with Crippen molar-refractivity contribution in [1.29, 1.82) is 0 Å². The van der Waals surface area contributed by atoms with Gasteiger partial charge in [0.15, 0.2) is 5.96 Å². The van der Waals surface area contributed by atoms with E-state index in [-0.39, 0.29) is 24.3 Å². The Morgan fingerprint density at radius 2 is 1.80 bits per heavy atom. The van der Waals surface area contributed by atoms with E-state index < -0.39 is 21.7 Å². The van der Waals surface area contributed by atoms with Crippen LogP contribution < -0.4 is 10.6 Å². The summed E-state index contributed by atoms with van der Waals surface area (Å²) >= 11 is 0. The van der Waals surface area contributed by atoms with Gasteiger partial charge in [0.25, 0.3) is 0 Å². The number of guanidine groups is 1. The molecular formula is C16H26F2N4O2S. The third-order valence-corrected chi connectivity index (χ3v) is 5.69. The molecule has 0 amide bonds. The van der Waals surface area contributed by atoms with Crippen molar-refractivity contribution in [2.24, 2.45) is 4.99 Å². The first-order valence-corrected chi connectivity index (χ1v) is 9.81. The SMILES string of the molecule is CCN(CC)S(=O)(=O)CCNC(=NC)NCCc1cc(F)ccc1F. The molecule has 2 N–H and O–H groups in total. The predicted molar refractivity (Wildman–Crippen MR) is 96.1 cm³/mol. The van der Waals surface area contributed by atoms with Crippen LogP contribution in [-0.4, -0.2) is 57.7 Å². The molecule has 0 aromatic heterocycles. The average molecular weight is 376 g/mol. The second-order valence-electron chi connectivity index (χ2n) is 5.31. The van der Waals surface area contributed by atoms with Crippen LogP contribution in [0.3, 0.4) is 0 Å². The molecule has 0 heterocycles. The summed E-state index contributed by atoms with van der Waals surface area (Å²) < 4.78 is 52.2. The van der Waals surface area contributed by atoms with Gasteiger partial charge in [-0.05, 0) is 30.2 Å². The van der Waals surface area contributed by atoms with E-state index >= 15 is 0 Å². The molecule has 0 unspecified atom stereocenters. The Bertz CT molecular complexity index is 677. The molecule has 25 heavy (non-hydrogen) atoms. The molecule has 9 heteroatoms. The van der Waals surface area contributed by atoms with Crippen LogP contribution in [0.5, 0.6) is 0 Å². The average Bonchev–Trinajstić information content (AvgIpc) is 2.57. The highest BCUT2D eigenvalue weighted by Gasteiger charge is 2.18. The molecule has 0 radical (unpaired) electrons. The smallest absolute Gasteiger partial charge is 0.215 e. The molecule has 0 saturated heterocycles. The largest absolute Gasteiger partial charge is 0.356 e. The fraction of sp³-hybridized carbons (Fsp3) is 0.562. The van der Waals surface area contributed by atoms with E-state index in [2.05, 4.69) is 15.6 Å². The van der Waals surface area contributed by atoms with Crippen molar-refractivity contribution < 1.29 is 17.2 Å². The first-order chi connectivity index (χ1) is 11.8. The van der Waals surface area contributed by atoms with E-state index in [4.69, 9.17) is 0 Å². The third kappa shape index (κ3) is 6.95. The molecule has 142 valence electrons. The van der Waals surface area contributed by atoms with Gasteiger partial charge in [0, 0.05) is 33.2 Å². The number of aliphatic imine (C=N–C) groups is 1. The molecule has 0 aliphatic carbocycles. The quantitative estimate of drug-likeness (QED) is 0.504. The second kappa shape index (κ2) is 10.3. The number of halogens is 2. The number of rotatable bonds is 9. The van der Waals surface area contributed by atoms with Crippen LogP contribution in [0, 0.1) is 11.6 Å². The fourth-order valence-corrected chi connectivity index (χ4v) is 3.72. The van der Waals surface area contributed by atoms with Crippen molar-refractivity contribution in [3.8, 4) is 0 Å². The van der Waals surface area contributed by atoms with Crippen LogP contribution in [0.2, 0.25) is 0 Å². The van der Waals surface area contributed by atoms with Gasteiger partial charge in [-0.1, -0.05) is 13.8 Å². The molecule has 0 atom stereocenters. The molecule has 6 nitrogen and oxygen atoms in total. The molecule has 0 saturated carbocycles. The van der Waals surface area contributed by atoms with Crippen molar-refractivity contribution in [1.82, 2.24) is 14.9 Å². The van der Waals surface area contributed by atoms with Gasteiger partial charge >= 0.3 is 0 Å². The standard InChI is InChI=1S/C16H26F2N4O2S/c1-4-22(5-2)25(23,24)11-10-21-16(19-3)20-9-8-13-12-14(17)6-7-15(13)18/h6-7,12H,4-5,8-11H2,1-3H3,(H2,19,20,21). The van der Waals surface area contributed by atoms with Crippen molar-refractivity contribution in [2.75, 3.05) is 39.0 Å². The van der Waals surface area contributed by atoms with E-state index in [0.29, 0.717) is 25.6 Å². The van der Waals surface area contributed by atoms with E-state index in [1.54, 1.807) is 20.9 Å². The van der Waals surface area contributed by atoms with E-state index in [0.717, 1.165) is 18.2 Å². The summed E-state index contributed by atoms with van der Waals surface area (Å²) in [4.78, 5) is 3.98. The maximum absolute atomic E-state index is 13.5. The number of benzene rings is 1. The van der Waals surface area contributed by atoms with E-state index in [1.807, 2.05) is 0 Å². The van der Waals surface area contributed by atoms with Crippen molar-refractivity contribution in [2.45, 2.75) is 20.3 Å². The number of hydrogen-bond acceptors (Lipinski definition) is 3. The van der Waals surface area contributed by atoms with E-state index in [9.17, 15) is 17.2 Å². The zero-order chi connectivity index (χ0) is 18.9. The Morgan fingerprint density at radius 1 is 1.16 bits per heavy atom. The summed E-state index contributed by atoms with van der Waals surface area (Å²) in [5, 5.41) is 5.86. The monoisotopic (exact) mass is 376 g/mol. The number of nitrogens with one attached hydrogen (secondary N) is 2. The summed E-state index contributed by atoms with van der Waals surface area (Å²) in [5.41, 5.74) is 0.270. The fourth-order valence-electron chi connectivity index (χ4n) is 2.32. The lowest BCUT2D eigenvalue weighted by atomic mass is 10.1. The molecule has 0 aliphatic heterocycles. The molecule has 0 fully saturated rings. The summed E-state index contributed by atoms with van der Waals surface area (Å²) in [5.74, 6) is -0.586. The van der Waals surface area contributed by atoms with Crippen LogP contribution >= 0.6 is 0 Å². The van der Waals surface area contributed by atoms with Gasteiger partial charge in [-0.3, -0.25) is 4.99 Å². The van der Waals surface area contributed by atoms with Crippen LogP contribution in [-0.2, 0) is 16.4 Å². The minimum atomic E-state index is -3.30. The minimum absolute atomic E-state index is 0.0477. The van der Waals surface area contributed by atoms with Crippen LogP contribution in [0.25, 0.3) is 0 Å². The van der Waals surface area contributed by atoms with Gasteiger partial charge in [-0.2, -0.15) is 0 Å². The van der Waals surface area contributed by atoms with Crippen LogP contribution in [0.1, 0.15) is 19.4 Å². The number of nitrogens with zero attached hydrogens (tertiary/aromatic N) is 2. The Hall–Kier alpha value is -1.74.